The number of hydrogen-bond acceptors (Lipinski definition) is 2. The lowest BCUT2D eigenvalue weighted by Gasteiger charge is -2.21. The molecule has 1 saturated heterocycles. The summed E-state index contributed by atoms with van der Waals surface area (Å²) in [5.41, 5.74) is 0.529. The van der Waals surface area contributed by atoms with E-state index in [-0.39, 0.29) is 5.91 Å². The van der Waals surface area contributed by atoms with Gasteiger partial charge in [-0.3, -0.25) is 4.79 Å². The summed E-state index contributed by atoms with van der Waals surface area (Å²) in [7, 11) is 0. The summed E-state index contributed by atoms with van der Waals surface area (Å²) in [5, 5.41) is 9.02. The molecule has 1 amide bonds. The zero-order valence-electron chi connectivity index (χ0n) is 9.10. The van der Waals surface area contributed by atoms with Crippen molar-refractivity contribution in [2.75, 3.05) is 6.54 Å². The van der Waals surface area contributed by atoms with Crippen molar-refractivity contribution >= 4 is 27.8 Å². The average Bonchev–Trinajstić information content (AvgIpc) is 2.78. The second kappa shape index (κ2) is 4.87. The monoisotopic (exact) mass is 297 g/mol. The van der Waals surface area contributed by atoms with Gasteiger partial charge in [0.25, 0.3) is 5.91 Å². The Morgan fingerprint density at radius 2 is 1.94 bits per heavy atom. The van der Waals surface area contributed by atoms with E-state index in [4.69, 9.17) is 5.11 Å². The number of carbonyl (C=O) groups is 2. The fraction of sp³-hybridized carbons (Fsp3) is 0.333. The van der Waals surface area contributed by atoms with Gasteiger partial charge in [0.15, 0.2) is 0 Å². The second-order valence-electron chi connectivity index (χ2n) is 4.00. The smallest absolute Gasteiger partial charge is 0.326 e. The molecule has 90 valence electrons. The number of amides is 1. The third-order valence-corrected chi connectivity index (χ3v) is 3.42. The van der Waals surface area contributed by atoms with E-state index in [0.29, 0.717) is 18.5 Å². The van der Waals surface area contributed by atoms with Crippen LogP contribution in [0.1, 0.15) is 23.2 Å². The van der Waals surface area contributed by atoms with Crippen molar-refractivity contribution in [2.24, 2.45) is 0 Å². The molecule has 0 bridgehead atoms. The molecule has 1 fully saturated rings. The van der Waals surface area contributed by atoms with E-state index in [1.807, 2.05) is 0 Å². The molecule has 0 aromatic heterocycles. The molecule has 0 saturated carbocycles. The first-order valence-corrected chi connectivity index (χ1v) is 6.18. The van der Waals surface area contributed by atoms with Gasteiger partial charge in [-0.15, -0.1) is 0 Å². The standard InChI is InChI=1S/C12H12BrNO3/c13-9-5-3-8(4-6-9)11(15)14-7-1-2-10(14)12(16)17/h3-6,10H,1-2,7H2,(H,16,17)/t10-/m0/s1. The molecule has 1 aromatic rings. The highest BCUT2D eigenvalue weighted by molar-refractivity contribution is 9.10. The van der Waals surface area contributed by atoms with Crippen molar-refractivity contribution < 1.29 is 14.7 Å². The van der Waals surface area contributed by atoms with Crippen molar-refractivity contribution in [2.45, 2.75) is 18.9 Å². The molecule has 1 aliphatic rings. The Kier molecular flexibility index (Phi) is 3.47. The lowest BCUT2D eigenvalue weighted by atomic mass is 10.1. The Labute approximate surface area is 107 Å². The summed E-state index contributed by atoms with van der Waals surface area (Å²) >= 11 is 3.29. The SMILES string of the molecule is O=C(O)[C@@H]1CCCN1C(=O)c1ccc(Br)cc1. The number of carboxylic acids is 1. The topological polar surface area (TPSA) is 57.6 Å². The maximum absolute atomic E-state index is 12.1. The third-order valence-electron chi connectivity index (χ3n) is 2.89. The summed E-state index contributed by atoms with van der Waals surface area (Å²) in [6, 6.07) is 6.27. The van der Waals surface area contributed by atoms with E-state index in [1.54, 1.807) is 24.3 Å². The Morgan fingerprint density at radius 1 is 1.29 bits per heavy atom. The number of aliphatic carboxylic acids is 1. The molecular formula is C12H12BrNO3. The predicted molar refractivity (Wildman–Crippen MR) is 65.8 cm³/mol. The average molecular weight is 298 g/mol. The highest BCUT2D eigenvalue weighted by atomic mass is 79.9. The van der Waals surface area contributed by atoms with Crippen LogP contribution in [0.3, 0.4) is 0 Å². The van der Waals surface area contributed by atoms with Crippen molar-refractivity contribution in [3.05, 3.63) is 34.3 Å². The molecule has 0 spiro atoms. The molecule has 4 nitrogen and oxygen atoms in total. The quantitative estimate of drug-likeness (QED) is 0.910. The highest BCUT2D eigenvalue weighted by Crippen LogP contribution is 2.21. The fourth-order valence-corrected chi connectivity index (χ4v) is 2.29. The molecule has 1 aromatic carbocycles. The van der Waals surface area contributed by atoms with E-state index in [1.165, 1.54) is 4.90 Å². The molecular weight excluding hydrogens is 286 g/mol. The van der Waals surface area contributed by atoms with Gasteiger partial charge in [-0.1, -0.05) is 15.9 Å². The van der Waals surface area contributed by atoms with Gasteiger partial charge in [0.05, 0.1) is 0 Å². The summed E-state index contributed by atoms with van der Waals surface area (Å²) < 4.78 is 0.894. The maximum Gasteiger partial charge on any atom is 0.326 e. The van der Waals surface area contributed by atoms with E-state index in [0.717, 1.165) is 10.9 Å². The lowest BCUT2D eigenvalue weighted by Crippen LogP contribution is -2.40. The number of carbonyl (C=O) groups excluding carboxylic acids is 1. The van der Waals surface area contributed by atoms with E-state index in [9.17, 15) is 9.59 Å². The number of carboxylic acid groups (broad SMARTS) is 1. The number of rotatable bonds is 2. The Balaban J connectivity index is 2.19. The van der Waals surface area contributed by atoms with E-state index in [2.05, 4.69) is 15.9 Å². The molecule has 1 heterocycles. The summed E-state index contributed by atoms with van der Waals surface area (Å²) in [6.45, 7) is 0.520. The Bertz CT molecular complexity index is 444. The first kappa shape index (κ1) is 12.1. The Morgan fingerprint density at radius 3 is 2.53 bits per heavy atom. The van der Waals surface area contributed by atoms with E-state index >= 15 is 0 Å². The Hall–Kier alpha value is -1.36. The summed E-state index contributed by atoms with van der Waals surface area (Å²) in [5.74, 6) is -1.13. The number of nitrogens with zero attached hydrogens (tertiary/aromatic N) is 1. The van der Waals surface area contributed by atoms with Crippen LogP contribution in [-0.2, 0) is 4.79 Å². The minimum absolute atomic E-state index is 0.206. The number of hydrogen-bond donors (Lipinski definition) is 1. The van der Waals surface area contributed by atoms with Crippen LogP contribution < -0.4 is 0 Å². The van der Waals surface area contributed by atoms with Crippen molar-refractivity contribution in [1.29, 1.82) is 0 Å². The van der Waals surface area contributed by atoms with Crippen LogP contribution in [-0.4, -0.2) is 34.5 Å². The van der Waals surface area contributed by atoms with Gasteiger partial charge in [0, 0.05) is 16.6 Å². The molecule has 0 unspecified atom stereocenters. The predicted octanol–water partition coefficient (Wildman–Crippen LogP) is 2.14. The molecule has 0 aliphatic carbocycles. The van der Waals surface area contributed by atoms with Gasteiger partial charge in [0.2, 0.25) is 0 Å². The lowest BCUT2D eigenvalue weighted by molar-refractivity contribution is -0.141. The third kappa shape index (κ3) is 2.49. The van der Waals surface area contributed by atoms with Gasteiger partial charge in [-0.05, 0) is 37.1 Å². The van der Waals surface area contributed by atoms with Gasteiger partial charge >= 0.3 is 5.97 Å². The van der Waals surface area contributed by atoms with Crippen molar-refractivity contribution in [3.63, 3.8) is 0 Å². The molecule has 0 radical (unpaired) electrons. The first-order valence-electron chi connectivity index (χ1n) is 5.39. The zero-order chi connectivity index (χ0) is 12.4. The minimum atomic E-state index is -0.923. The number of likely N-dealkylation sites (tertiary alicyclic amines) is 1. The van der Waals surface area contributed by atoms with Crippen LogP contribution in [0.15, 0.2) is 28.7 Å². The van der Waals surface area contributed by atoms with Gasteiger partial charge in [-0.2, -0.15) is 0 Å². The molecule has 2 rings (SSSR count). The minimum Gasteiger partial charge on any atom is -0.480 e. The normalized spacial score (nSPS) is 19.4. The molecule has 1 N–H and O–H groups in total. The van der Waals surface area contributed by atoms with E-state index < -0.39 is 12.0 Å². The second-order valence-corrected chi connectivity index (χ2v) is 4.92. The van der Waals surface area contributed by atoms with Crippen LogP contribution >= 0.6 is 15.9 Å². The van der Waals surface area contributed by atoms with Gasteiger partial charge in [-0.25, -0.2) is 4.79 Å². The van der Waals surface area contributed by atoms with Crippen molar-refractivity contribution in [1.82, 2.24) is 4.90 Å². The maximum atomic E-state index is 12.1. The largest absolute Gasteiger partial charge is 0.480 e. The van der Waals surface area contributed by atoms with Crippen molar-refractivity contribution in [3.8, 4) is 0 Å². The number of benzene rings is 1. The first-order chi connectivity index (χ1) is 8.09. The van der Waals surface area contributed by atoms with Crippen LogP contribution in [0.2, 0.25) is 0 Å². The van der Waals surface area contributed by atoms with Gasteiger partial charge < -0.3 is 10.0 Å². The molecule has 5 heteroatoms. The fourth-order valence-electron chi connectivity index (χ4n) is 2.02. The zero-order valence-corrected chi connectivity index (χ0v) is 10.7. The van der Waals surface area contributed by atoms with Gasteiger partial charge in [0.1, 0.15) is 6.04 Å². The van der Waals surface area contributed by atoms with Crippen LogP contribution in [0.25, 0.3) is 0 Å². The summed E-state index contributed by atoms with van der Waals surface area (Å²) in [6.07, 6.45) is 1.29. The van der Waals surface area contributed by atoms with Crippen LogP contribution in [0.4, 0.5) is 0 Å². The number of halogens is 1. The highest BCUT2D eigenvalue weighted by Gasteiger charge is 2.34. The van der Waals surface area contributed by atoms with Crippen LogP contribution in [0.5, 0.6) is 0 Å². The molecule has 1 atom stereocenters. The molecule has 17 heavy (non-hydrogen) atoms. The molecule has 1 aliphatic heterocycles. The van der Waals surface area contributed by atoms with Crippen LogP contribution in [0, 0.1) is 0 Å². The summed E-state index contributed by atoms with van der Waals surface area (Å²) in [4.78, 5) is 24.6.